The number of amides is 1. The third kappa shape index (κ3) is 1.63. The van der Waals surface area contributed by atoms with Crippen LogP contribution in [0.4, 0.5) is 0 Å². The highest BCUT2D eigenvalue weighted by Crippen LogP contribution is 2.54. The van der Waals surface area contributed by atoms with Crippen LogP contribution in [-0.2, 0) is 17.8 Å². The van der Waals surface area contributed by atoms with E-state index in [2.05, 4.69) is 16.3 Å². The summed E-state index contributed by atoms with van der Waals surface area (Å²) in [5.74, 6) is 2.61. The molecule has 4 rings (SSSR count). The van der Waals surface area contributed by atoms with Crippen LogP contribution in [0.5, 0.6) is 0 Å². The van der Waals surface area contributed by atoms with E-state index >= 15 is 0 Å². The predicted molar refractivity (Wildman–Crippen MR) is 67.8 cm³/mol. The molecule has 1 aliphatic heterocycles. The van der Waals surface area contributed by atoms with Crippen molar-refractivity contribution in [2.24, 2.45) is 17.8 Å². The number of carbonyl (C=O) groups is 1. The first kappa shape index (κ1) is 10.1. The van der Waals surface area contributed by atoms with Crippen LogP contribution in [0.25, 0.3) is 0 Å². The van der Waals surface area contributed by atoms with Crippen LogP contribution in [0.15, 0.2) is 11.4 Å². The molecular formula is C14H17NOS. The largest absolute Gasteiger partial charge is 0.338 e. The van der Waals surface area contributed by atoms with E-state index in [0.29, 0.717) is 11.8 Å². The molecular weight excluding hydrogens is 230 g/mol. The lowest BCUT2D eigenvalue weighted by Gasteiger charge is -2.29. The molecule has 2 unspecified atom stereocenters. The third-order valence-corrected chi connectivity index (χ3v) is 5.74. The summed E-state index contributed by atoms with van der Waals surface area (Å²) >= 11 is 1.84. The predicted octanol–water partition coefficient (Wildman–Crippen LogP) is 2.68. The van der Waals surface area contributed by atoms with Crippen molar-refractivity contribution in [3.8, 4) is 0 Å². The normalized spacial score (nSPS) is 34.4. The maximum absolute atomic E-state index is 12.4. The van der Waals surface area contributed by atoms with Gasteiger partial charge < -0.3 is 4.90 Å². The molecule has 0 saturated heterocycles. The van der Waals surface area contributed by atoms with E-state index in [0.717, 1.165) is 31.3 Å². The Morgan fingerprint density at radius 2 is 2.12 bits per heavy atom. The summed E-state index contributed by atoms with van der Waals surface area (Å²) in [7, 11) is 0. The van der Waals surface area contributed by atoms with Gasteiger partial charge >= 0.3 is 0 Å². The molecule has 0 bridgehead atoms. The van der Waals surface area contributed by atoms with Gasteiger partial charge in [0.1, 0.15) is 0 Å². The highest BCUT2D eigenvalue weighted by atomic mass is 32.1. The van der Waals surface area contributed by atoms with Crippen LogP contribution in [0.2, 0.25) is 0 Å². The molecule has 1 amide bonds. The van der Waals surface area contributed by atoms with Gasteiger partial charge in [0.2, 0.25) is 5.91 Å². The average molecular weight is 247 g/mol. The van der Waals surface area contributed by atoms with Crippen molar-refractivity contribution >= 4 is 17.2 Å². The first-order valence-corrected chi connectivity index (χ1v) is 7.53. The molecule has 1 aromatic heterocycles. The number of carbonyl (C=O) groups excluding carboxylic acids is 1. The smallest absolute Gasteiger partial charge is 0.226 e. The van der Waals surface area contributed by atoms with Crippen LogP contribution >= 0.6 is 11.3 Å². The molecule has 2 heterocycles. The molecule has 2 fully saturated rings. The summed E-state index contributed by atoms with van der Waals surface area (Å²) < 4.78 is 0. The Bertz CT molecular complexity index is 457. The van der Waals surface area contributed by atoms with Gasteiger partial charge in [-0.1, -0.05) is 0 Å². The van der Waals surface area contributed by atoms with E-state index < -0.39 is 0 Å². The minimum Gasteiger partial charge on any atom is -0.338 e. The second kappa shape index (κ2) is 3.58. The standard InChI is InChI=1S/C14H17NOS/c16-14(12-6-10-5-11(10)7-12)15-3-1-13-9(8-15)2-4-17-13/h2,4,10-12H,1,3,5-8H2. The zero-order valence-corrected chi connectivity index (χ0v) is 10.7. The zero-order valence-electron chi connectivity index (χ0n) is 9.89. The summed E-state index contributed by atoms with van der Waals surface area (Å²) in [5, 5.41) is 2.16. The SMILES string of the molecule is O=C(C1CC2CC2C1)N1CCc2sccc2C1. The first-order valence-electron chi connectivity index (χ1n) is 6.65. The molecule has 0 spiro atoms. The quantitative estimate of drug-likeness (QED) is 0.747. The highest BCUT2D eigenvalue weighted by Gasteiger charge is 2.48. The summed E-state index contributed by atoms with van der Waals surface area (Å²) in [6.45, 7) is 1.81. The molecule has 0 radical (unpaired) electrons. The van der Waals surface area contributed by atoms with Gasteiger partial charge in [-0.15, -0.1) is 11.3 Å². The van der Waals surface area contributed by atoms with Crippen molar-refractivity contribution in [3.05, 3.63) is 21.9 Å². The Hall–Kier alpha value is -0.830. The first-order chi connectivity index (χ1) is 8.31. The molecule has 3 heteroatoms. The van der Waals surface area contributed by atoms with Gasteiger partial charge in [-0.2, -0.15) is 0 Å². The molecule has 1 aromatic rings. The van der Waals surface area contributed by atoms with Crippen LogP contribution in [-0.4, -0.2) is 17.4 Å². The van der Waals surface area contributed by atoms with E-state index in [1.807, 2.05) is 11.3 Å². The topological polar surface area (TPSA) is 20.3 Å². The van der Waals surface area contributed by atoms with Crippen LogP contribution in [0.1, 0.15) is 29.7 Å². The second-order valence-corrected chi connectivity index (χ2v) is 6.80. The van der Waals surface area contributed by atoms with E-state index in [4.69, 9.17) is 0 Å². The van der Waals surface area contributed by atoms with Gasteiger partial charge in [0.05, 0.1) is 0 Å². The Morgan fingerprint density at radius 1 is 1.29 bits per heavy atom. The lowest BCUT2D eigenvalue weighted by atomic mass is 10.00. The molecule has 17 heavy (non-hydrogen) atoms. The Morgan fingerprint density at radius 3 is 2.94 bits per heavy atom. The Labute approximate surface area is 106 Å². The molecule has 3 aliphatic rings. The minimum absolute atomic E-state index is 0.360. The maximum Gasteiger partial charge on any atom is 0.226 e. The van der Waals surface area contributed by atoms with E-state index in [9.17, 15) is 4.79 Å². The van der Waals surface area contributed by atoms with Crippen molar-refractivity contribution in [1.82, 2.24) is 4.90 Å². The second-order valence-electron chi connectivity index (χ2n) is 5.80. The lowest BCUT2D eigenvalue weighted by molar-refractivity contribution is -0.136. The highest BCUT2D eigenvalue weighted by molar-refractivity contribution is 7.10. The fourth-order valence-corrected chi connectivity index (χ4v) is 4.50. The van der Waals surface area contributed by atoms with Crippen molar-refractivity contribution in [1.29, 1.82) is 0 Å². The number of hydrogen-bond acceptors (Lipinski definition) is 2. The number of rotatable bonds is 1. The fraction of sp³-hybridized carbons (Fsp3) is 0.643. The Kier molecular flexibility index (Phi) is 2.13. The molecule has 90 valence electrons. The summed E-state index contributed by atoms with van der Waals surface area (Å²) in [4.78, 5) is 16.0. The zero-order chi connectivity index (χ0) is 11.4. The average Bonchev–Trinajstić information content (AvgIpc) is 2.82. The van der Waals surface area contributed by atoms with Crippen LogP contribution in [0.3, 0.4) is 0 Å². The monoisotopic (exact) mass is 247 g/mol. The van der Waals surface area contributed by atoms with Gasteiger partial charge in [-0.25, -0.2) is 0 Å². The van der Waals surface area contributed by atoms with Crippen molar-refractivity contribution in [2.75, 3.05) is 6.54 Å². The van der Waals surface area contributed by atoms with Crippen molar-refractivity contribution in [3.63, 3.8) is 0 Å². The summed E-state index contributed by atoms with van der Waals surface area (Å²) in [6.07, 6.45) is 4.82. The van der Waals surface area contributed by atoms with E-state index in [1.54, 1.807) is 0 Å². The summed E-state index contributed by atoms with van der Waals surface area (Å²) in [6, 6.07) is 2.19. The van der Waals surface area contributed by atoms with Crippen LogP contribution in [0, 0.1) is 17.8 Å². The number of hydrogen-bond donors (Lipinski definition) is 0. The Balaban J connectivity index is 1.47. The van der Waals surface area contributed by atoms with E-state index in [1.165, 1.54) is 29.7 Å². The van der Waals surface area contributed by atoms with Crippen molar-refractivity contribution < 1.29 is 4.79 Å². The number of thiophene rings is 1. The van der Waals surface area contributed by atoms with E-state index in [-0.39, 0.29) is 0 Å². The van der Waals surface area contributed by atoms with Crippen LogP contribution < -0.4 is 0 Å². The molecule has 0 N–H and O–H groups in total. The molecule has 2 nitrogen and oxygen atoms in total. The van der Waals surface area contributed by atoms with Gasteiger partial charge in [0.15, 0.2) is 0 Å². The molecule has 0 aromatic carbocycles. The molecule has 2 saturated carbocycles. The molecule has 2 aliphatic carbocycles. The number of fused-ring (bicyclic) bond motifs is 2. The van der Waals surface area contributed by atoms with Gasteiger partial charge in [-0.05, 0) is 54.5 Å². The number of nitrogens with zero attached hydrogens (tertiary/aromatic N) is 1. The maximum atomic E-state index is 12.4. The summed E-state index contributed by atoms with van der Waals surface area (Å²) in [5.41, 5.74) is 1.39. The minimum atomic E-state index is 0.360. The molecule has 2 atom stereocenters. The van der Waals surface area contributed by atoms with Gasteiger partial charge in [0, 0.05) is 23.9 Å². The van der Waals surface area contributed by atoms with Gasteiger partial charge in [-0.3, -0.25) is 4.79 Å². The third-order valence-electron chi connectivity index (χ3n) is 4.71. The van der Waals surface area contributed by atoms with Crippen molar-refractivity contribution in [2.45, 2.75) is 32.2 Å². The fourth-order valence-electron chi connectivity index (χ4n) is 3.61. The lowest BCUT2D eigenvalue weighted by Crippen LogP contribution is -2.39. The van der Waals surface area contributed by atoms with Gasteiger partial charge in [0.25, 0.3) is 0 Å².